The number of nitrogens with two attached hydrogens (primary N) is 1. The smallest absolute Gasteiger partial charge is 0.0828 e. The second-order valence-corrected chi connectivity index (χ2v) is 4.58. The van der Waals surface area contributed by atoms with E-state index in [1.807, 2.05) is 0 Å². The predicted molar refractivity (Wildman–Crippen MR) is 66.3 cm³/mol. The van der Waals surface area contributed by atoms with E-state index in [9.17, 15) is 0 Å². The van der Waals surface area contributed by atoms with Crippen molar-refractivity contribution in [3.05, 3.63) is 35.4 Å². The zero-order valence-electron chi connectivity index (χ0n) is 9.99. The van der Waals surface area contributed by atoms with Gasteiger partial charge in [0.2, 0.25) is 0 Å². The first-order chi connectivity index (χ1) is 7.81. The van der Waals surface area contributed by atoms with Gasteiger partial charge in [0.15, 0.2) is 0 Å². The quantitative estimate of drug-likeness (QED) is 0.845. The summed E-state index contributed by atoms with van der Waals surface area (Å²) in [7, 11) is 0. The fourth-order valence-corrected chi connectivity index (χ4v) is 2.24. The summed E-state index contributed by atoms with van der Waals surface area (Å²) in [5.41, 5.74) is 8.71. The highest BCUT2D eigenvalue weighted by Gasteiger charge is 2.20. The lowest BCUT2D eigenvalue weighted by Gasteiger charge is -2.26. The monoisotopic (exact) mass is 219 g/mol. The SMILES string of the molecule is CCC(N)COC1CCCc2ccccc21. The van der Waals surface area contributed by atoms with Crippen LogP contribution in [0.5, 0.6) is 0 Å². The summed E-state index contributed by atoms with van der Waals surface area (Å²) >= 11 is 0. The summed E-state index contributed by atoms with van der Waals surface area (Å²) in [6.07, 6.45) is 4.79. The Balaban J connectivity index is 2.01. The van der Waals surface area contributed by atoms with Gasteiger partial charge in [0, 0.05) is 6.04 Å². The molecule has 0 amide bonds. The minimum absolute atomic E-state index is 0.175. The van der Waals surface area contributed by atoms with Gasteiger partial charge in [-0.3, -0.25) is 0 Å². The summed E-state index contributed by atoms with van der Waals surface area (Å²) in [5, 5.41) is 0. The van der Waals surface area contributed by atoms with Crippen molar-refractivity contribution in [3.63, 3.8) is 0 Å². The minimum atomic E-state index is 0.175. The van der Waals surface area contributed by atoms with Crippen LogP contribution in [0.4, 0.5) is 0 Å². The summed E-state index contributed by atoms with van der Waals surface area (Å²) in [5.74, 6) is 0. The number of ether oxygens (including phenoxy) is 1. The van der Waals surface area contributed by atoms with E-state index in [2.05, 4.69) is 31.2 Å². The third-order valence-electron chi connectivity index (χ3n) is 3.35. The third kappa shape index (κ3) is 2.63. The topological polar surface area (TPSA) is 35.2 Å². The molecule has 1 aromatic rings. The van der Waals surface area contributed by atoms with Crippen LogP contribution in [0.15, 0.2) is 24.3 Å². The molecule has 0 spiro atoms. The summed E-state index contributed by atoms with van der Waals surface area (Å²) in [6.45, 7) is 2.78. The zero-order valence-corrected chi connectivity index (χ0v) is 9.99. The summed E-state index contributed by atoms with van der Waals surface area (Å²) in [4.78, 5) is 0. The standard InChI is InChI=1S/C14H21NO/c1-2-12(15)10-16-14-9-5-7-11-6-3-4-8-13(11)14/h3-4,6,8,12,14H,2,5,7,9-10,15H2,1H3. The molecule has 2 atom stereocenters. The molecule has 0 saturated heterocycles. The van der Waals surface area contributed by atoms with Gasteiger partial charge in [-0.1, -0.05) is 31.2 Å². The molecule has 0 fully saturated rings. The van der Waals surface area contributed by atoms with Crippen LogP contribution in [0.2, 0.25) is 0 Å². The van der Waals surface area contributed by atoms with E-state index in [-0.39, 0.29) is 12.1 Å². The molecule has 2 nitrogen and oxygen atoms in total. The Kier molecular flexibility index (Phi) is 3.97. The summed E-state index contributed by atoms with van der Waals surface area (Å²) < 4.78 is 5.94. The van der Waals surface area contributed by atoms with Crippen molar-refractivity contribution < 1.29 is 4.74 Å². The molecule has 1 aliphatic rings. The third-order valence-corrected chi connectivity index (χ3v) is 3.35. The van der Waals surface area contributed by atoms with E-state index < -0.39 is 0 Å². The lowest BCUT2D eigenvalue weighted by Crippen LogP contribution is -2.27. The van der Waals surface area contributed by atoms with Crippen LogP contribution in [0.3, 0.4) is 0 Å². The fourth-order valence-electron chi connectivity index (χ4n) is 2.24. The van der Waals surface area contributed by atoms with Crippen molar-refractivity contribution in [2.45, 2.75) is 44.8 Å². The molecule has 0 aromatic heterocycles. The van der Waals surface area contributed by atoms with E-state index in [4.69, 9.17) is 10.5 Å². The predicted octanol–water partition coefficient (Wildman–Crippen LogP) is 2.82. The van der Waals surface area contributed by atoms with Gasteiger partial charge in [0.25, 0.3) is 0 Å². The van der Waals surface area contributed by atoms with Crippen LogP contribution in [-0.2, 0) is 11.2 Å². The van der Waals surface area contributed by atoms with Gasteiger partial charge in [-0.2, -0.15) is 0 Å². The molecule has 2 rings (SSSR count). The molecule has 0 radical (unpaired) electrons. The van der Waals surface area contributed by atoms with Gasteiger partial charge in [-0.05, 0) is 36.8 Å². The Bertz CT molecular complexity index is 337. The normalized spacial score (nSPS) is 21.5. The molecular weight excluding hydrogens is 198 g/mol. The number of hydrogen-bond donors (Lipinski definition) is 1. The molecule has 2 unspecified atom stereocenters. The Morgan fingerprint density at radius 3 is 3.06 bits per heavy atom. The highest BCUT2D eigenvalue weighted by atomic mass is 16.5. The number of rotatable bonds is 4. The van der Waals surface area contributed by atoms with E-state index in [0.29, 0.717) is 6.61 Å². The molecule has 2 heteroatoms. The van der Waals surface area contributed by atoms with Gasteiger partial charge in [0.05, 0.1) is 12.7 Å². The van der Waals surface area contributed by atoms with E-state index in [1.54, 1.807) is 0 Å². The second kappa shape index (κ2) is 5.46. The molecule has 0 aliphatic heterocycles. The first-order valence-electron chi connectivity index (χ1n) is 6.26. The number of hydrogen-bond acceptors (Lipinski definition) is 2. The maximum atomic E-state index is 5.94. The first-order valence-corrected chi connectivity index (χ1v) is 6.26. The van der Waals surface area contributed by atoms with Crippen LogP contribution in [0.1, 0.15) is 43.4 Å². The Labute approximate surface area is 97.8 Å². The van der Waals surface area contributed by atoms with Gasteiger partial charge in [-0.25, -0.2) is 0 Å². The molecule has 88 valence electrons. The second-order valence-electron chi connectivity index (χ2n) is 4.58. The average Bonchev–Trinajstić information content (AvgIpc) is 2.35. The van der Waals surface area contributed by atoms with Crippen LogP contribution in [0, 0.1) is 0 Å². The van der Waals surface area contributed by atoms with E-state index >= 15 is 0 Å². The molecule has 1 aromatic carbocycles. The molecule has 0 heterocycles. The van der Waals surface area contributed by atoms with Gasteiger partial charge >= 0.3 is 0 Å². The van der Waals surface area contributed by atoms with Gasteiger partial charge < -0.3 is 10.5 Å². The Hall–Kier alpha value is -0.860. The minimum Gasteiger partial charge on any atom is -0.372 e. The average molecular weight is 219 g/mol. The van der Waals surface area contributed by atoms with Crippen molar-refractivity contribution in [2.24, 2.45) is 5.73 Å². The summed E-state index contributed by atoms with van der Waals surface area (Å²) in [6, 6.07) is 8.79. The molecule has 2 N–H and O–H groups in total. The van der Waals surface area contributed by atoms with Crippen molar-refractivity contribution in [1.29, 1.82) is 0 Å². The fraction of sp³-hybridized carbons (Fsp3) is 0.571. The number of aryl methyl sites for hydroxylation is 1. The van der Waals surface area contributed by atoms with Crippen molar-refractivity contribution in [1.82, 2.24) is 0 Å². The lowest BCUT2D eigenvalue weighted by atomic mass is 9.89. The first kappa shape index (κ1) is 11.6. The Morgan fingerprint density at radius 2 is 2.25 bits per heavy atom. The lowest BCUT2D eigenvalue weighted by molar-refractivity contribution is 0.0317. The molecule has 0 bridgehead atoms. The maximum Gasteiger partial charge on any atom is 0.0828 e. The molecule has 1 aliphatic carbocycles. The van der Waals surface area contributed by atoms with E-state index in [1.165, 1.54) is 24.0 Å². The zero-order chi connectivity index (χ0) is 11.4. The van der Waals surface area contributed by atoms with Crippen LogP contribution in [0.25, 0.3) is 0 Å². The highest BCUT2D eigenvalue weighted by molar-refractivity contribution is 5.31. The molecule has 16 heavy (non-hydrogen) atoms. The van der Waals surface area contributed by atoms with Crippen LogP contribution >= 0.6 is 0 Å². The van der Waals surface area contributed by atoms with Crippen molar-refractivity contribution in [2.75, 3.05) is 6.61 Å². The highest BCUT2D eigenvalue weighted by Crippen LogP contribution is 2.32. The van der Waals surface area contributed by atoms with Crippen LogP contribution in [-0.4, -0.2) is 12.6 Å². The number of benzene rings is 1. The number of fused-ring (bicyclic) bond motifs is 1. The Morgan fingerprint density at radius 1 is 1.44 bits per heavy atom. The molecular formula is C14H21NO. The van der Waals surface area contributed by atoms with E-state index in [0.717, 1.165) is 12.8 Å². The van der Waals surface area contributed by atoms with Crippen molar-refractivity contribution >= 4 is 0 Å². The van der Waals surface area contributed by atoms with Crippen LogP contribution < -0.4 is 5.73 Å². The van der Waals surface area contributed by atoms with Gasteiger partial charge in [0.1, 0.15) is 0 Å². The molecule has 0 saturated carbocycles. The largest absolute Gasteiger partial charge is 0.372 e. The van der Waals surface area contributed by atoms with Gasteiger partial charge in [-0.15, -0.1) is 0 Å². The van der Waals surface area contributed by atoms with Crippen molar-refractivity contribution in [3.8, 4) is 0 Å². The maximum absolute atomic E-state index is 5.94.